The lowest BCUT2D eigenvalue weighted by Crippen LogP contribution is -2.43. The van der Waals surface area contributed by atoms with Gasteiger partial charge in [-0.1, -0.05) is 13.8 Å². The number of benzene rings is 1. The van der Waals surface area contributed by atoms with Gasteiger partial charge >= 0.3 is 23.9 Å². The van der Waals surface area contributed by atoms with Crippen LogP contribution in [0, 0.1) is 23.7 Å². The van der Waals surface area contributed by atoms with Gasteiger partial charge in [0.25, 0.3) is 0 Å². The number of hydrogen-bond donors (Lipinski definition) is 1. The fourth-order valence-electron chi connectivity index (χ4n) is 6.66. The Balaban J connectivity index is 2.01. The molecule has 0 aliphatic heterocycles. The summed E-state index contributed by atoms with van der Waals surface area (Å²) >= 11 is 0. The summed E-state index contributed by atoms with van der Waals surface area (Å²) in [5.41, 5.74) is 0.0384. The van der Waals surface area contributed by atoms with Crippen molar-refractivity contribution in [2.75, 3.05) is 35.5 Å². The Labute approximate surface area is 229 Å². The topological polar surface area (TPSA) is 135 Å². The van der Waals surface area contributed by atoms with Crippen molar-refractivity contribution in [3.05, 3.63) is 23.3 Å². The summed E-state index contributed by atoms with van der Waals surface area (Å²) < 4.78 is 25.7. The third-order valence-corrected chi connectivity index (χ3v) is 8.96. The molecule has 2 aliphatic carbocycles. The monoisotopic (exact) mass is 548 g/mol. The Kier molecular flexibility index (Phi) is 9.18. The molecule has 0 saturated heterocycles. The maximum atomic E-state index is 12.7. The molecule has 0 heterocycles. The lowest BCUT2D eigenvalue weighted by molar-refractivity contribution is -0.160. The number of carbonyl (C=O) groups excluding carboxylic acids is 4. The van der Waals surface area contributed by atoms with Crippen molar-refractivity contribution in [1.82, 2.24) is 0 Å². The number of ether oxygens (including phenoxy) is 5. The van der Waals surface area contributed by atoms with E-state index in [1.807, 2.05) is 13.8 Å². The first kappa shape index (κ1) is 30.2. The van der Waals surface area contributed by atoms with Gasteiger partial charge in [-0.25, -0.2) is 0 Å². The van der Waals surface area contributed by atoms with E-state index in [4.69, 9.17) is 23.7 Å². The quantitative estimate of drug-likeness (QED) is 0.399. The maximum Gasteiger partial charge on any atom is 0.309 e. The van der Waals surface area contributed by atoms with E-state index in [0.717, 1.165) is 0 Å². The molecule has 6 atom stereocenters. The van der Waals surface area contributed by atoms with Crippen LogP contribution in [0.25, 0.3) is 0 Å². The molecule has 2 saturated carbocycles. The van der Waals surface area contributed by atoms with Gasteiger partial charge in [0.15, 0.2) is 0 Å². The lowest BCUT2D eigenvalue weighted by Gasteiger charge is -2.43. The van der Waals surface area contributed by atoms with E-state index >= 15 is 0 Å². The molecular weight excluding hydrogens is 508 g/mol. The van der Waals surface area contributed by atoms with E-state index in [-0.39, 0.29) is 12.2 Å². The third kappa shape index (κ3) is 5.70. The highest BCUT2D eigenvalue weighted by Crippen LogP contribution is 2.53. The number of carbonyl (C=O) groups is 4. The number of rotatable bonds is 7. The smallest absolute Gasteiger partial charge is 0.309 e. The van der Waals surface area contributed by atoms with Gasteiger partial charge < -0.3 is 28.8 Å². The third-order valence-electron chi connectivity index (χ3n) is 8.96. The summed E-state index contributed by atoms with van der Waals surface area (Å²) in [5.74, 6) is -4.02. The molecule has 39 heavy (non-hydrogen) atoms. The van der Waals surface area contributed by atoms with Crippen molar-refractivity contribution in [2.45, 2.75) is 63.2 Å². The van der Waals surface area contributed by atoms with Crippen LogP contribution in [0.2, 0.25) is 0 Å². The average Bonchev–Trinajstić information content (AvgIpc) is 2.95. The van der Waals surface area contributed by atoms with Crippen LogP contribution in [-0.2, 0) is 49.0 Å². The summed E-state index contributed by atoms with van der Waals surface area (Å²) in [6, 6.07) is 3.44. The largest absolute Gasteiger partial charge is 0.508 e. The normalized spacial score (nSPS) is 30.5. The minimum Gasteiger partial charge on any atom is -0.508 e. The van der Waals surface area contributed by atoms with E-state index in [0.29, 0.717) is 49.0 Å². The molecule has 0 amide bonds. The van der Waals surface area contributed by atoms with E-state index in [2.05, 4.69) is 0 Å². The predicted octanol–water partition coefficient (Wildman–Crippen LogP) is 3.44. The molecule has 0 aromatic heterocycles. The van der Waals surface area contributed by atoms with Crippen molar-refractivity contribution in [1.29, 1.82) is 0 Å². The fraction of sp³-hybridized carbons (Fsp3) is 0.655. The van der Waals surface area contributed by atoms with Crippen molar-refractivity contribution in [2.24, 2.45) is 23.7 Å². The zero-order valence-electron chi connectivity index (χ0n) is 23.8. The molecular formula is C29H40O10. The SMILES string of the molecule is COC(=O)C1CCC(C)(c2cc(OC)c(C3(C)CCC(C(=O)OC)C(C(=O)OC)C3)cc2O)CC1C(=O)OC. The highest BCUT2D eigenvalue weighted by molar-refractivity contribution is 5.83. The van der Waals surface area contributed by atoms with Crippen LogP contribution in [0.1, 0.15) is 63.5 Å². The van der Waals surface area contributed by atoms with Crippen LogP contribution in [0.5, 0.6) is 11.5 Å². The van der Waals surface area contributed by atoms with Crippen molar-refractivity contribution < 1.29 is 48.0 Å². The van der Waals surface area contributed by atoms with Crippen LogP contribution >= 0.6 is 0 Å². The molecule has 0 spiro atoms. The lowest BCUT2D eigenvalue weighted by atomic mass is 9.61. The first-order valence-electron chi connectivity index (χ1n) is 13.1. The zero-order valence-corrected chi connectivity index (χ0v) is 23.8. The molecule has 10 nitrogen and oxygen atoms in total. The molecule has 1 N–H and O–H groups in total. The molecule has 1 aromatic carbocycles. The highest BCUT2D eigenvalue weighted by Gasteiger charge is 2.49. The molecule has 0 radical (unpaired) electrons. The van der Waals surface area contributed by atoms with Gasteiger partial charge in [-0.3, -0.25) is 19.2 Å². The first-order valence-corrected chi connectivity index (χ1v) is 13.1. The van der Waals surface area contributed by atoms with Gasteiger partial charge in [0.1, 0.15) is 11.5 Å². The summed E-state index contributed by atoms with van der Waals surface area (Å²) in [4.78, 5) is 50.1. The average molecular weight is 549 g/mol. The van der Waals surface area contributed by atoms with E-state index in [1.165, 1.54) is 35.5 Å². The number of methoxy groups -OCH3 is 5. The Morgan fingerprint density at radius 3 is 1.44 bits per heavy atom. The van der Waals surface area contributed by atoms with E-state index < -0.39 is 58.4 Å². The van der Waals surface area contributed by atoms with E-state index in [1.54, 1.807) is 12.1 Å². The number of aromatic hydroxyl groups is 1. The second-order valence-corrected chi connectivity index (χ2v) is 11.2. The van der Waals surface area contributed by atoms with Crippen LogP contribution < -0.4 is 4.74 Å². The predicted molar refractivity (Wildman–Crippen MR) is 139 cm³/mol. The van der Waals surface area contributed by atoms with Crippen molar-refractivity contribution in [3.63, 3.8) is 0 Å². The number of hydrogen-bond acceptors (Lipinski definition) is 10. The van der Waals surface area contributed by atoms with Crippen molar-refractivity contribution in [3.8, 4) is 11.5 Å². The van der Waals surface area contributed by atoms with Crippen molar-refractivity contribution >= 4 is 23.9 Å². The molecule has 3 rings (SSSR count). The Morgan fingerprint density at radius 2 is 1.05 bits per heavy atom. The van der Waals surface area contributed by atoms with E-state index in [9.17, 15) is 24.3 Å². The van der Waals surface area contributed by atoms with Crippen LogP contribution in [0.3, 0.4) is 0 Å². The molecule has 1 aromatic rings. The second kappa shape index (κ2) is 11.8. The molecule has 216 valence electrons. The fourth-order valence-corrected chi connectivity index (χ4v) is 6.66. The summed E-state index contributed by atoms with van der Waals surface area (Å²) in [6.07, 6.45) is 2.45. The van der Waals surface area contributed by atoms with Gasteiger partial charge in [0.2, 0.25) is 0 Å². The Bertz CT molecular complexity index is 1110. The number of esters is 4. The first-order chi connectivity index (χ1) is 18.4. The van der Waals surface area contributed by atoms with Crippen LogP contribution in [-0.4, -0.2) is 64.5 Å². The molecule has 2 aliphatic rings. The number of phenols is 1. The van der Waals surface area contributed by atoms with Gasteiger partial charge in [-0.05, 0) is 61.5 Å². The zero-order chi connectivity index (χ0) is 29.1. The summed E-state index contributed by atoms with van der Waals surface area (Å²) in [7, 11) is 6.71. The van der Waals surface area contributed by atoms with Gasteiger partial charge in [0, 0.05) is 11.1 Å². The standard InChI is InChI=1S/C29H40O10/c1-28(10-8-16(24(31)36-4)18(14-28)26(33)38-6)20-13-23(35-3)21(12-22(20)30)29(2)11-9-17(25(32)37-5)19(15-29)27(34)39-7/h12-13,16-19,30H,8-11,14-15H2,1-7H3. The molecule has 10 heteroatoms. The second-order valence-electron chi connectivity index (χ2n) is 11.2. The number of phenolic OH excluding ortho intramolecular Hbond substituents is 1. The van der Waals surface area contributed by atoms with Gasteiger partial charge in [0.05, 0.1) is 59.2 Å². The summed E-state index contributed by atoms with van der Waals surface area (Å²) in [6.45, 7) is 3.92. The Hall–Kier alpha value is -3.30. The maximum absolute atomic E-state index is 12.7. The molecule has 0 bridgehead atoms. The minimum absolute atomic E-state index is 0.0272. The van der Waals surface area contributed by atoms with Crippen LogP contribution in [0.4, 0.5) is 0 Å². The molecule has 2 fully saturated rings. The summed E-state index contributed by atoms with van der Waals surface area (Å²) in [5, 5.41) is 11.3. The Morgan fingerprint density at radius 1 is 0.667 bits per heavy atom. The van der Waals surface area contributed by atoms with Crippen LogP contribution in [0.15, 0.2) is 12.1 Å². The molecule has 6 unspecified atom stereocenters. The van der Waals surface area contributed by atoms with Gasteiger partial charge in [-0.2, -0.15) is 0 Å². The minimum atomic E-state index is -0.724. The van der Waals surface area contributed by atoms with Gasteiger partial charge in [-0.15, -0.1) is 0 Å². The highest BCUT2D eigenvalue weighted by atomic mass is 16.5.